The molecule has 3 aromatic rings. The van der Waals surface area contributed by atoms with E-state index >= 15 is 0 Å². The van der Waals surface area contributed by atoms with Crippen molar-refractivity contribution in [3.63, 3.8) is 0 Å². The van der Waals surface area contributed by atoms with Crippen LogP contribution in [0.25, 0.3) is 10.9 Å². The van der Waals surface area contributed by atoms with Crippen molar-refractivity contribution in [2.45, 2.75) is 196 Å². The number of aromatic amines is 1. The molecule has 6 heteroatoms. The Bertz CT molecular complexity index is 2070. The Labute approximate surface area is 327 Å². The Hall–Kier alpha value is -3.14. The average molecular weight is 735 g/mol. The van der Waals surface area contributed by atoms with Crippen molar-refractivity contribution < 1.29 is 9.53 Å². The topological polar surface area (TPSA) is 72.4 Å². The maximum absolute atomic E-state index is 14.7. The summed E-state index contributed by atoms with van der Waals surface area (Å²) >= 11 is 0. The van der Waals surface area contributed by atoms with Gasteiger partial charge in [-0.05, 0) is 131 Å². The Morgan fingerprint density at radius 2 is 1.24 bits per heavy atom. The smallest absolute Gasteiger partial charge is 0.195 e. The van der Waals surface area contributed by atoms with Crippen LogP contribution in [0.3, 0.4) is 0 Å². The van der Waals surface area contributed by atoms with Gasteiger partial charge in [-0.15, -0.1) is 0 Å². The van der Waals surface area contributed by atoms with Crippen LogP contribution in [-0.2, 0) is 10.2 Å². The third-order valence-electron chi connectivity index (χ3n) is 17.2. The largest absolute Gasteiger partial charge is 0.366 e. The number of morpholine rings is 1. The van der Waals surface area contributed by atoms with Crippen LogP contribution < -0.4 is 4.90 Å². The molecular formula is C48H70N4O2. The lowest BCUT2D eigenvalue weighted by atomic mass is 9.42. The number of fused-ring (bicyclic) bond motifs is 4. The Morgan fingerprint density at radius 3 is 1.70 bits per heavy atom. The SMILES string of the molecule is CC1c2cc(N3C(C)(C)C(C)(C)C(C)(N4C(C)(C)C(C)(C)OC(C)(C)C4(C)C)C(C)(C)C3(C)C)c(C(C)(C)C)cc2C(=O)c2c1[nH]c1cc(C#N)ccc21. The molecule has 2 saturated heterocycles. The number of anilines is 1. The molecule has 0 spiro atoms. The van der Waals surface area contributed by atoms with Gasteiger partial charge in [0, 0.05) is 72.3 Å². The third kappa shape index (κ3) is 4.61. The lowest BCUT2D eigenvalue weighted by Gasteiger charge is -2.82. The number of benzene rings is 2. The van der Waals surface area contributed by atoms with Gasteiger partial charge in [-0.3, -0.25) is 9.69 Å². The fourth-order valence-electron chi connectivity index (χ4n) is 11.7. The highest BCUT2D eigenvalue weighted by Gasteiger charge is 2.77. The fourth-order valence-corrected chi connectivity index (χ4v) is 11.7. The summed E-state index contributed by atoms with van der Waals surface area (Å²) in [5, 5.41) is 10.5. The minimum absolute atomic E-state index is 0.0416. The summed E-state index contributed by atoms with van der Waals surface area (Å²) in [5.41, 5.74) is 3.84. The summed E-state index contributed by atoms with van der Waals surface area (Å²) in [4.78, 5) is 23.9. The van der Waals surface area contributed by atoms with E-state index in [9.17, 15) is 10.1 Å². The molecule has 0 radical (unpaired) electrons. The minimum atomic E-state index is -0.426. The van der Waals surface area contributed by atoms with Gasteiger partial charge in [-0.2, -0.15) is 5.26 Å². The first-order chi connectivity index (χ1) is 24.1. The quantitative estimate of drug-likeness (QED) is 0.284. The fraction of sp³-hybridized carbons (Fsp3) is 0.667. The van der Waals surface area contributed by atoms with Crippen molar-refractivity contribution in [2.24, 2.45) is 10.8 Å². The number of nitriles is 1. The number of rotatable bonds is 2. The van der Waals surface area contributed by atoms with Crippen LogP contribution in [0, 0.1) is 22.2 Å². The standard InChI is InChI=1S/C48H70N4O2/c1-28-31-26-35(33(39(2,3)4)25-32(31)38(53)36-30-23-22-29(27-49)24-34(30)50-37(28)36)51-42(9,10)40(5,6)48(21,41(7,8)43(51,11)12)52-44(13,14)46(17,18)54-47(19,20)45(52,15)16/h22-26,28,50H,1-21H3. The molecule has 2 fully saturated rings. The lowest BCUT2D eigenvalue weighted by molar-refractivity contribution is -0.348. The maximum atomic E-state index is 14.7. The second kappa shape index (κ2) is 11.0. The number of hydrogen-bond donors (Lipinski definition) is 1. The molecule has 54 heavy (non-hydrogen) atoms. The normalized spacial score (nSPS) is 26.9. The number of nitrogens with one attached hydrogen (secondary N) is 1. The zero-order valence-corrected chi connectivity index (χ0v) is 37.6. The number of ketones is 1. The van der Waals surface area contributed by atoms with Gasteiger partial charge >= 0.3 is 0 Å². The zero-order chi connectivity index (χ0) is 41.2. The van der Waals surface area contributed by atoms with Crippen LogP contribution in [0.5, 0.6) is 0 Å². The maximum Gasteiger partial charge on any atom is 0.195 e. The van der Waals surface area contributed by atoms with E-state index in [-0.39, 0.29) is 55.6 Å². The molecule has 1 aromatic heterocycles. The lowest BCUT2D eigenvalue weighted by Crippen LogP contribution is -2.92. The molecule has 1 unspecified atom stereocenters. The van der Waals surface area contributed by atoms with Crippen LogP contribution in [0.15, 0.2) is 30.3 Å². The zero-order valence-electron chi connectivity index (χ0n) is 37.6. The van der Waals surface area contributed by atoms with Gasteiger partial charge in [0.05, 0.1) is 28.4 Å². The highest BCUT2D eigenvalue weighted by atomic mass is 16.5. The van der Waals surface area contributed by atoms with E-state index in [0.29, 0.717) is 5.56 Å². The van der Waals surface area contributed by atoms with Crippen molar-refractivity contribution in [1.29, 1.82) is 5.26 Å². The van der Waals surface area contributed by atoms with E-state index in [1.807, 2.05) is 18.2 Å². The molecule has 6 rings (SSSR count). The Morgan fingerprint density at radius 1 is 0.741 bits per heavy atom. The number of nitrogens with zero attached hydrogens (tertiary/aromatic N) is 3. The van der Waals surface area contributed by atoms with Crippen LogP contribution in [0.1, 0.15) is 190 Å². The molecule has 2 aliphatic heterocycles. The van der Waals surface area contributed by atoms with Crippen molar-refractivity contribution >= 4 is 22.4 Å². The minimum Gasteiger partial charge on any atom is -0.366 e. The van der Waals surface area contributed by atoms with Crippen molar-refractivity contribution in [1.82, 2.24) is 9.88 Å². The molecule has 1 N–H and O–H groups in total. The van der Waals surface area contributed by atoms with Crippen LogP contribution in [-0.4, -0.2) is 54.6 Å². The van der Waals surface area contributed by atoms with Crippen molar-refractivity contribution in [2.75, 3.05) is 4.90 Å². The summed E-state index contributed by atoms with van der Waals surface area (Å²) < 4.78 is 7.07. The molecule has 294 valence electrons. The molecule has 0 amide bonds. The predicted octanol–water partition coefficient (Wildman–Crippen LogP) is 11.7. The van der Waals surface area contributed by atoms with E-state index in [1.54, 1.807) is 0 Å². The first kappa shape index (κ1) is 40.5. The van der Waals surface area contributed by atoms with Gasteiger partial charge in [0.2, 0.25) is 0 Å². The number of ether oxygens (including phenoxy) is 1. The van der Waals surface area contributed by atoms with E-state index in [4.69, 9.17) is 4.74 Å². The molecule has 6 nitrogen and oxygen atoms in total. The monoisotopic (exact) mass is 735 g/mol. The molecule has 2 aromatic carbocycles. The Kier molecular flexibility index (Phi) is 8.28. The number of carbonyl (C=O) groups excluding carboxylic acids is 1. The first-order valence-electron chi connectivity index (χ1n) is 20.2. The number of carbonyl (C=O) groups is 1. The van der Waals surface area contributed by atoms with Crippen molar-refractivity contribution in [3.8, 4) is 6.07 Å². The number of H-pyrrole nitrogens is 1. The van der Waals surface area contributed by atoms with Crippen molar-refractivity contribution in [3.05, 3.63) is 63.8 Å². The molecular weight excluding hydrogens is 665 g/mol. The van der Waals surface area contributed by atoms with Crippen LogP contribution >= 0.6 is 0 Å². The van der Waals surface area contributed by atoms with Gasteiger partial charge in [0.15, 0.2) is 5.78 Å². The van der Waals surface area contributed by atoms with Gasteiger partial charge in [-0.1, -0.05) is 61.5 Å². The molecule has 3 heterocycles. The average Bonchev–Trinajstić information content (AvgIpc) is 3.39. The summed E-state index contributed by atoms with van der Waals surface area (Å²) in [5.74, 6) is 0.0126. The Balaban J connectivity index is 1.64. The van der Waals surface area contributed by atoms with E-state index in [1.165, 1.54) is 11.3 Å². The first-order valence-corrected chi connectivity index (χ1v) is 20.2. The summed E-state index contributed by atoms with van der Waals surface area (Å²) in [6, 6.07) is 12.5. The summed E-state index contributed by atoms with van der Waals surface area (Å²) in [6.45, 7) is 50.2. The molecule has 0 bridgehead atoms. The number of piperidine rings is 1. The van der Waals surface area contributed by atoms with E-state index in [0.717, 1.165) is 33.3 Å². The second-order valence-electron chi connectivity index (χ2n) is 22.4. The number of aromatic nitrogens is 1. The van der Waals surface area contributed by atoms with Crippen LogP contribution in [0.2, 0.25) is 0 Å². The number of hydrogen-bond acceptors (Lipinski definition) is 5. The molecule has 0 saturated carbocycles. The van der Waals surface area contributed by atoms with E-state index in [2.05, 4.69) is 178 Å². The highest BCUT2D eigenvalue weighted by Crippen LogP contribution is 2.70. The second-order valence-corrected chi connectivity index (χ2v) is 22.4. The van der Waals surface area contributed by atoms with E-state index < -0.39 is 11.2 Å². The highest BCUT2D eigenvalue weighted by molar-refractivity contribution is 6.20. The molecule has 1 aliphatic carbocycles. The predicted molar refractivity (Wildman–Crippen MR) is 225 cm³/mol. The summed E-state index contributed by atoms with van der Waals surface area (Å²) in [6.07, 6.45) is 0. The van der Waals surface area contributed by atoms with Gasteiger partial charge in [-0.25, -0.2) is 0 Å². The molecule has 1 atom stereocenters. The van der Waals surface area contributed by atoms with Gasteiger partial charge in [0.25, 0.3) is 0 Å². The van der Waals surface area contributed by atoms with Crippen LogP contribution in [0.4, 0.5) is 5.69 Å². The third-order valence-corrected chi connectivity index (χ3v) is 17.2. The van der Waals surface area contributed by atoms with Gasteiger partial charge in [0.1, 0.15) is 0 Å². The molecule has 3 aliphatic rings. The summed E-state index contributed by atoms with van der Waals surface area (Å²) in [7, 11) is 0. The van der Waals surface area contributed by atoms with Gasteiger partial charge < -0.3 is 14.6 Å².